The van der Waals surface area contributed by atoms with E-state index in [1.54, 1.807) is 0 Å². The highest BCUT2D eigenvalue weighted by Crippen LogP contribution is 2.39. The lowest BCUT2D eigenvalue weighted by molar-refractivity contribution is 0.289. The molecule has 0 spiro atoms. The van der Waals surface area contributed by atoms with E-state index in [9.17, 15) is 0 Å². The molecule has 1 heterocycles. The third kappa shape index (κ3) is 2.87. The number of nitrogens with one attached hydrogen (secondary N) is 1. The summed E-state index contributed by atoms with van der Waals surface area (Å²) in [6.45, 7) is 3.03. The maximum atomic E-state index is 6.25. The fourth-order valence-electron chi connectivity index (χ4n) is 2.80. The van der Waals surface area contributed by atoms with Crippen molar-refractivity contribution in [2.75, 3.05) is 0 Å². The van der Waals surface area contributed by atoms with Gasteiger partial charge in [0.15, 0.2) is 0 Å². The van der Waals surface area contributed by atoms with Crippen molar-refractivity contribution in [3.05, 3.63) is 64.4 Å². The molecule has 1 saturated carbocycles. The maximum Gasteiger partial charge on any atom is 0.0440 e. The molecular formula is C17H19ClN2. The SMILES string of the molecule is Cc1cnccc1CNC1CC(c2ccccc2Cl)C1. The van der Waals surface area contributed by atoms with Crippen LogP contribution in [0.2, 0.25) is 5.02 Å². The molecule has 1 N–H and O–H groups in total. The minimum atomic E-state index is 0.601. The normalized spacial score (nSPS) is 21.5. The van der Waals surface area contributed by atoms with Crippen LogP contribution in [0, 0.1) is 6.92 Å². The first kappa shape index (κ1) is 13.6. The molecule has 0 aliphatic heterocycles. The first-order valence-electron chi connectivity index (χ1n) is 7.11. The fourth-order valence-corrected chi connectivity index (χ4v) is 3.09. The summed E-state index contributed by atoms with van der Waals surface area (Å²) in [5.74, 6) is 0.611. The van der Waals surface area contributed by atoms with Crippen molar-refractivity contribution in [1.29, 1.82) is 0 Å². The summed E-state index contributed by atoms with van der Waals surface area (Å²) >= 11 is 6.25. The summed E-state index contributed by atoms with van der Waals surface area (Å²) in [4.78, 5) is 4.13. The lowest BCUT2D eigenvalue weighted by Crippen LogP contribution is -2.39. The first-order chi connectivity index (χ1) is 9.74. The second-order valence-electron chi connectivity index (χ2n) is 5.57. The Kier molecular flexibility index (Phi) is 4.04. The summed E-state index contributed by atoms with van der Waals surface area (Å²) in [6.07, 6.45) is 6.13. The van der Waals surface area contributed by atoms with Gasteiger partial charge in [-0.15, -0.1) is 0 Å². The number of pyridine rings is 1. The second-order valence-corrected chi connectivity index (χ2v) is 5.98. The second kappa shape index (κ2) is 5.94. The quantitative estimate of drug-likeness (QED) is 0.916. The van der Waals surface area contributed by atoms with E-state index < -0.39 is 0 Å². The Morgan fingerprint density at radius 1 is 1.25 bits per heavy atom. The summed E-state index contributed by atoms with van der Waals surface area (Å²) in [6, 6.07) is 10.9. The van der Waals surface area contributed by atoms with Crippen LogP contribution in [0.25, 0.3) is 0 Å². The van der Waals surface area contributed by atoms with E-state index in [-0.39, 0.29) is 0 Å². The van der Waals surface area contributed by atoms with E-state index in [2.05, 4.69) is 35.4 Å². The van der Waals surface area contributed by atoms with Crippen molar-refractivity contribution in [1.82, 2.24) is 10.3 Å². The lowest BCUT2D eigenvalue weighted by Gasteiger charge is -2.37. The molecule has 3 heteroatoms. The van der Waals surface area contributed by atoms with Gasteiger partial charge < -0.3 is 5.32 Å². The van der Waals surface area contributed by atoms with Crippen LogP contribution < -0.4 is 5.32 Å². The van der Waals surface area contributed by atoms with Gasteiger partial charge in [0.25, 0.3) is 0 Å². The number of aromatic nitrogens is 1. The van der Waals surface area contributed by atoms with Crippen LogP contribution in [0.4, 0.5) is 0 Å². The summed E-state index contributed by atoms with van der Waals surface area (Å²) < 4.78 is 0. The molecule has 1 aliphatic carbocycles. The number of aryl methyl sites for hydroxylation is 1. The largest absolute Gasteiger partial charge is 0.310 e. The fraction of sp³-hybridized carbons (Fsp3) is 0.353. The molecule has 0 unspecified atom stereocenters. The molecule has 20 heavy (non-hydrogen) atoms. The molecule has 1 aliphatic rings. The van der Waals surface area contributed by atoms with Gasteiger partial charge in [0.1, 0.15) is 0 Å². The van der Waals surface area contributed by atoms with Gasteiger partial charge in [-0.05, 0) is 54.5 Å². The number of hydrogen-bond donors (Lipinski definition) is 1. The van der Waals surface area contributed by atoms with E-state index in [0.717, 1.165) is 11.6 Å². The van der Waals surface area contributed by atoms with Crippen molar-refractivity contribution in [3.8, 4) is 0 Å². The Balaban J connectivity index is 1.52. The standard InChI is InChI=1S/C17H19ClN2/c1-12-10-19-7-6-13(12)11-20-15-8-14(9-15)16-4-2-3-5-17(16)18/h2-7,10,14-15,20H,8-9,11H2,1H3. The van der Waals surface area contributed by atoms with Gasteiger partial charge in [0, 0.05) is 30.0 Å². The van der Waals surface area contributed by atoms with Crippen LogP contribution in [-0.4, -0.2) is 11.0 Å². The molecule has 1 aromatic carbocycles. The highest BCUT2D eigenvalue weighted by molar-refractivity contribution is 6.31. The Hall–Kier alpha value is -1.38. The number of rotatable bonds is 4. The minimum absolute atomic E-state index is 0.601. The maximum absolute atomic E-state index is 6.25. The highest BCUT2D eigenvalue weighted by Gasteiger charge is 2.30. The van der Waals surface area contributed by atoms with Crippen molar-refractivity contribution < 1.29 is 0 Å². The molecule has 1 fully saturated rings. The molecule has 2 aromatic rings. The van der Waals surface area contributed by atoms with E-state index in [1.165, 1.54) is 29.5 Å². The van der Waals surface area contributed by atoms with Crippen LogP contribution in [0.1, 0.15) is 35.4 Å². The van der Waals surface area contributed by atoms with Gasteiger partial charge >= 0.3 is 0 Å². The van der Waals surface area contributed by atoms with Crippen LogP contribution in [0.15, 0.2) is 42.7 Å². The molecule has 0 saturated heterocycles. The van der Waals surface area contributed by atoms with Gasteiger partial charge in [-0.3, -0.25) is 4.98 Å². The molecule has 104 valence electrons. The zero-order valence-electron chi connectivity index (χ0n) is 11.6. The van der Waals surface area contributed by atoms with Gasteiger partial charge in [0.05, 0.1) is 0 Å². The summed E-state index contributed by atoms with van der Waals surface area (Å²) in [5, 5.41) is 4.53. The third-order valence-corrected chi connectivity index (χ3v) is 4.54. The Bertz CT molecular complexity index is 588. The summed E-state index contributed by atoms with van der Waals surface area (Å²) in [5.41, 5.74) is 3.88. The average molecular weight is 287 g/mol. The number of nitrogens with zero attached hydrogens (tertiary/aromatic N) is 1. The van der Waals surface area contributed by atoms with Crippen molar-refractivity contribution in [2.24, 2.45) is 0 Å². The van der Waals surface area contributed by atoms with Gasteiger partial charge in [-0.1, -0.05) is 29.8 Å². The molecule has 0 atom stereocenters. The third-order valence-electron chi connectivity index (χ3n) is 4.20. The monoisotopic (exact) mass is 286 g/mol. The van der Waals surface area contributed by atoms with E-state index >= 15 is 0 Å². The zero-order valence-corrected chi connectivity index (χ0v) is 12.4. The van der Waals surface area contributed by atoms with Crippen LogP contribution >= 0.6 is 11.6 Å². The predicted molar refractivity (Wildman–Crippen MR) is 83.0 cm³/mol. The highest BCUT2D eigenvalue weighted by atomic mass is 35.5. The van der Waals surface area contributed by atoms with Gasteiger partial charge in [-0.25, -0.2) is 0 Å². The predicted octanol–water partition coefficient (Wildman–Crippen LogP) is 4.08. The Morgan fingerprint density at radius 2 is 2.05 bits per heavy atom. The Labute approximate surface area is 125 Å². The summed E-state index contributed by atoms with van der Waals surface area (Å²) in [7, 11) is 0. The molecule has 1 aromatic heterocycles. The molecule has 0 radical (unpaired) electrons. The van der Waals surface area contributed by atoms with E-state index in [0.29, 0.717) is 12.0 Å². The van der Waals surface area contributed by atoms with Crippen molar-refractivity contribution in [2.45, 2.75) is 38.3 Å². The topological polar surface area (TPSA) is 24.9 Å². The van der Waals surface area contributed by atoms with Crippen LogP contribution in [0.5, 0.6) is 0 Å². The molecule has 0 amide bonds. The van der Waals surface area contributed by atoms with E-state index in [1.807, 2.05) is 24.5 Å². The smallest absolute Gasteiger partial charge is 0.0440 e. The minimum Gasteiger partial charge on any atom is -0.310 e. The van der Waals surface area contributed by atoms with Crippen molar-refractivity contribution in [3.63, 3.8) is 0 Å². The number of hydrogen-bond acceptors (Lipinski definition) is 2. The van der Waals surface area contributed by atoms with Gasteiger partial charge in [0.2, 0.25) is 0 Å². The molecule has 0 bridgehead atoms. The molecule has 2 nitrogen and oxygen atoms in total. The van der Waals surface area contributed by atoms with Crippen LogP contribution in [-0.2, 0) is 6.54 Å². The molecule has 3 rings (SSSR count). The van der Waals surface area contributed by atoms with Crippen molar-refractivity contribution >= 4 is 11.6 Å². The van der Waals surface area contributed by atoms with Crippen LogP contribution in [0.3, 0.4) is 0 Å². The van der Waals surface area contributed by atoms with Gasteiger partial charge in [-0.2, -0.15) is 0 Å². The first-order valence-corrected chi connectivity index (χ1v) is 7.49. The zero-order chi connectivity index (χ0) is 13.9. The number of halogens is 1. The Morgan fingerprint density at radius 3 is 2.80 bits per heavy atom. The number of benzene rings is 1. The average Bonchev–Trinajstić information content (AvgIpc) is 2.41. The van der Waals surface area contributed by atoms with E-state index in [4.69, 9.17) is 11.6 Å². The molecular weight excluding hydrogens is 268 g/mol. The lowest BCUT2D eigenvalue weighted by atomic mass is 9.76.